The molecule has 0 saturated carbocycles. The molecule has 0 radical (unpaired) electrons. The minimum absolute atomic E-state index is 0.248. The third kappa shape index (κ3) is 3.89. The SMILES string of the molecule is CCOC(=O)C(N=C(c1ccccc1)c1ccccc1)n1cnc2cncnc21. The molecule has 7 nitrogen and oxygen atoms in total. The molecular weight excluding hydrogens is 366 g/mol. The molecule has 29 heavy (non-hydrogen) atoms. The van der Waals surface area contributed by atoms with E-state index in [9.17, 15) is 4.79 Å². The van der Waals surface area contributed by atoms with Gasteiger partial charge in [-0.3, -0.25) is 4.57 Å². The van der Waals surface area contributed by atoms with Gasteiger partial charge in [0.05, 0.1) is 24.8 Å². The second-order valence-electron chi connectivity index (χ2n) is 6.22. The maximum absolute atomic E-state index is 12.9. The minimum Gasteiger partial charge on any atom is -0.463 e. The Morgan fingerprint density at radius 2 is 1.69 bits per heavy atom. The number of nitrogens with zero attached hydrogens (tertiary/aromatic N) is 5. The van der Waals surface area contributed by atoms with Crippen molar-refractivity contribution in [3.63, 3.8) is 0 Å². The Morgan fingerprint density at radius 1 is 1.03 bits per heavy atom. The second-order valence-corrected chi connectivity index (χ2v) is 6.22. The predicted octanol–water partition coefficient (Wildman–Crippen LogP) is 3.43. The van der Waals surface area contributed by atoms with Gasteiger partial charge >= 0.3 is 5.97 Å². The van der Waals surface area contributed by atoms with Crippen molar-refractivity contribution in [1.29, 1.82) is 0 Å². The van der Waals surface area contributed by atoms with Crippen LogP contribution in [0.4, 0.5) is 0 Å². The summed E-state index contributed by atoms with van der Waals surface area (Å²) in [5, 5.41) is 0. The van der Waals surface area contributed by atoms with Crippen molar-refractivity contribution in [3.8, 4) is 0 Å². The fourth-order valence-electron chi connectivity index (χ4n) is 3.04. The van der Waals surface area contributed by atoms with E-state index >= 15 is 0 Å². The quantitative estimate of drug-likeness (QED) is 0.375. The van der Waals surface area contributed by atoms with Gasteiger partial charge in [0, 0.05) is 11.1 Å². The molecule has 7 heteroatoms. The Bertz CT molecular complexity index is 1100. The highest BCUT2D eigenvalue weighted by molar-refractivity contribution is 6.13. The van der Waals surface area contributed by atoms with Crippen molar-refractivity contribution >= 4 is 22.8 Å². The van der Waals surface area contributed by atoms with Crippen LogP contribution in [0.5, 0.6) is 0 Å². The molecule has 0 spiro atoms. The van der Waals surface area contributed by atoms with E-state index in [1.165, 1.54) is 12.7 Å². The van der Waals surface area contributed by atoms with E-state index in [-0.39, 0.29) is 6.61 Å². The van der Waals surface area contributed by atoms with Gasteiger partial charge in [0.15, 0.2) is 5.65 Å². The van der Waals surface area contributed by atoms with Crippen molar-refractivity contribution in [2.24, 2.45) is 4.99 Å². The van der Waals surface area contributed by atoms with Crippen LogP contribution in [-0.4, -0.2) is 37.8 Å². The summed E-state index contributed by atoms with van der Waals surface area (Å²) in [4.78, 5) is 30.2. The predicted molar refractivity (Wildman–Crippen MR) is 110 cm³/mol. The standard InChI is InChI=1S/C22H19N5O2/c1-2-29-22(28)21(27-15-25-18-13-23-14-24-20(18)27)26-19(16-9-5-3-6-10-16)17-11-7-4-8-12-17/h3-15,21H,2H2,1H3. The first kappa shape index (κ1) is 18.5. The molecule has 144 valence electrons. The summed E-state index contributed by atoms with van der Waals surface area (Å²) >= 11 is 0. The fraction of sp³-hybridized carbons (Fsp3) is 0.136. The summed E-state index contributed by atoms with van der Waals surface area (Å²) in [6.07, 6.45) is 3.59. The van der Waals surface area contributed by atoms with E-state index < -0.39 is 12.1 Å². The lowest BCUT2D eigenvalue weighted by Gasteiger charge is -2.16. The number of carbonyl (C=O) groups is 1. The highest BCUT2D eigenvalue weighted by Crippen LogP contribution is 2.21. The Morgan fingerprint density at radius 3 is 2.31 bits per heavy atom. The highest BCUT2D eigenvalue weighted by atomic mass is 16.5. The van der Waals surface area contributed by atoms with E-state index in [4.69, 9.17) is 9.73 Å². The molecule has 0 amide bonds. The number of fused-ring (bicyclic) bond motifs is 1. The monoisotopic (exact) mass is 385 g/mol. The lowest BCUT2D eigenvalue weighted by Crippen LogP contribution is -2.22. The number of esters is 1. The van der Waals surface area contributed by atoms with E-state index in [2.05, 4.69) is 15.0 Å². The van der Waals surface area contributed by atoms with Crippen LogP contribution in [0.2, 0.25) is 0 Å². The highest BCUT2D eigenvalue weighted by Gasteiger charge is 2.25. The lowest BCUT2D eigenvalue weighted by molar-refractivity contribution is -0.146. The summed E-state index contributed by atoms with van der Waals surface area (Å²) < 4.78 is 6.92. The van der Waals surface area contributed by atoms with Gasteiger partial charge in [-0.2, -0.15) is 0 Å². The van der Waals surface area contributed by atoms with Crippen molar-refractivity contribution in [2.45, 2.75) is 13.1 Å². The first-order chi connectivity index (χ1) is 14.3. The van der Waals surface area contributed by atoms with Gasteiger partial charge < -0.3 is 4.74 Å². The molecule has 1 unspecified atom stereocenters. The first-order valence-corrected chi connectivity index (χ1v) is 9.25. The molecule has 2 heterocycles. The third-order valence-corrected chi connectivity index (χ3v) is 4.35. The summed E-state index contributed by atoms with van der Waals surface area (Å²) in [5.74, 6) is -0.477. The van der Waals surface area contributed by atoms with E-state index in [0.717, 1.165) is 11.1 Å². The molecule has 0 aliphatic heterocycles. The lowest BCUT2D eigenvalue weighted by atomic mass is 10.0. The average molecular weight is 385 g/mol. The molecule has 2 aromatic carbocycles. The number of rotatable bonds is 6. The Kier molecular flexibility index (Phi) is 5.38. The molecule has 4 rings (SSSR count). The zero-order chi connectivity index (χ0) is 20.1. The second kappa shape index (κ2) is 8.43. The topological polar surface area (TPSA) is 82.3 Å². The first-order valence-electron chi connectivity index (χ1n) is 9.25. The summed E-state index contributed by atoms with van der Waals surface area (Å²) in [6, 6.07) is 19.5. The van der Waals surface area contributed by atoms with Crippen molar-refractivity contribution < 1.29 is 9.53 Å². The van der Waals surface area contributed by atoms with E-state index in [1.54, 1.807) is 17.7 Å². The molecule has 2 aromatic heterocycles. The van der Waals surface area contributed by atoms with Crippen LogP contribution in [0.25, 0.3) is 11.2 Å². The molecule has 0 saturated heterocycles. The van der Waals surface area contributed by atoms with Gasteiger partial charge in [-0.15, -0.1) is 0 Å². The van der Waals surface area contributed by atoms with Gasteiger partial charge in [0.2, 0.25) is 6.17 Å². The van der Waals surface area contributed by atoms with Crippen molar-refractivity contribution in [3.05, 3.63) is 90.6 Å². The van der Waals surface area contributed by atoms with Crippen LogP contribution in [0.3, 0.4) is 0 Å². The van der Waals surface area contributed by atoms with E-state index in [0.29, 0.717) is 16.9 Å². The Balaban J connectivity index is 1.90. The van der Waals surface area contributed by atoms with Crippen LogP contribution in [0.15, 0.2) is 84.5 Å². The number of imidazole rings is 1. The van der Waals surface area contributed by atoms with Gasteiger partial charge in [0.25, 0.3) is 0 Å². The van der Waals surface area contributed by atoms with Gasteiger partial charge in [-0.25, -0.2) is 24.7 Å². The largest absolute Gasteiger partial charge is 0.463 e. The zero-order valence-corrected chi connectivity index (χ0v) is 15.8. The zero-order valence-electron chi connectivity index (χ0n) is 15.8. The van der Waals surface area contributed by atoms with Gasteiger partial charge in [0.1, 0.15) is 11.8 Å². The summed E-state index contributed by atoms with van der Waals surface area (Å²) in [7, 11) is 0. The molecule has 0 aliphatic carbocycles. The van der Waals surface area contributed by atoms with Crippen LogP contribution in [0, 0.1) is 0 Å². The summed E-state index contributed by atoms with van der Waals surface area (Å²) in [6.45, 7) is 2.01. The molecule has 4 aromatic rings. The maximum atomic E-state index is 12.9. The Labute approximate surface area is 167 Å². The molecular formula is C22H19N5O2. The minimum atomic E-state index is -0.967. The van der Waals surface area contributed by atoms with Crippen LogP contribution >= 0.6 is 0 Å². The van der Waals surface area contributed by atoms with Crippen LogP contribution in [0.1, 0.15) is 24.2 Å². The number of aromatic nitrogens is 4. The third-order valence-electron chi connectivity index (χ3n) is 4.35. The molecule has 0 N–H and O–H groups in total. The molecule has 0 bridgehead atoms. The normalized spacial score (nSPS) is 11.8. The van der Waals surface area contributed by atoms with E-state index in [1.807, 2.05) is 60.7 Å². The van der Waals surface area contributed by atoms with Crippen LogP contribution in [-0.2, 0) is 9.53 Å². The number of hydrogen-bond acceptors (Lipinski definition) is 6. The number of aliphatic imine (C=N–C) groups is 1. The van der Waals surface area contributed by atoms with Gasteiger partial charge in [-0.05, 0) is 6.92 Å². The Hall–Kier alpha value is -3.87. The number of carbonyl (C=O) groups excluding carboxylic acids is 1. The van der Waals surface area contributed by atoms with Gasteiger partial charge in [-0.1, -0.05) is 60.7 Å². The molecule has 0 aliphatic rings. The number of ether oxygens (including phenoxy) is 1. The van der Waals surface area contributed by atoms with Crippen LogP contribution < -0.4 is 0 Å². The molecule has 1 atom stereocenters. The number of benzene rings is 2. The number of hydrogen-bond donors (Lipinski definition) is 0. The smallest absolute Gasteiger partial charge is 0.352 e. The average Bonchev–Trinajstić information content (AvgIpc) is 3.20. The van der Waals surface area contributed by atoms with Crippen molar-refractivity contribution in [1.82, 2.24) is 19.5 Å². The maximum Gasteiger partial charge on any atom is 0.352 e. The molecule has 0 fully saturated rings. The van der Waals surface area contributed by atoms with Crippen molar-refractivity contribution in [2.75, 3.05) is 6.61 Å². The summed E-state index contributed by atoms with van der Waals surface area (Å²) in [5.41, 5.74) is 3.57. The fourth-order valence-corrected chi connectivity index (χ4v) is 3.04.